The second kappa shape index (κ2) is 5.72. The predicted octanol–water partition coefficient (Wildman–Crippen LogP) is 3.16. The van der Waals surface area contributed by atoms with Crippen molar-refractivity contribution in [3.63, 3.8) is 0 Å². The topological polar surface area (TPSA) is 73.0 Å². The highest BCUT2D eigenvalue weighted by atomic mass is 16.3. The van der Waals surface area contributed by atoms with Crippen molar-refractivity contribution in [1.29, 1.82) is 0 Å². The molecular weight excluding hydrogens is 316 g/mol. The van der Waals surface area contributed by atoms with Crippen LogP contribution in [0.4, 0.5) is 0 Å². The number of amides is 1. The number of rotatable bonds is 3. The third-order valence-corrected chi connectivity index (χ3v) is 4.78. The molecule has 1 atom stereocenters. The third kappa shape index (κ3) is 3.04. The van der Waals surface area contributed by atoms with E-state index in [1.54, 1.807) is 4.68 Å². The Morgan fingerprint density at radius 3 is 3.04 bits per heavy atom. The third-order valence-electron chi connectivity index (χ3n) is 4.78. The van der Waals surface area contributed by atoms with Gasteiger partial charge in [-0.15, -0.1) is 5.10 Å². The van der Waals surface area contributed by atoms with Gasteiger partial charge in [0.25, 0.3) is 0 Å². The van der Waals surface area contributed by atoms with Gasteiger partial charge in [-0.1, -0.05) is 31.2 Å². The fourth-order valence-corrected chi connectivity index (χ4v) is 3.72. The molecule has 3 aromatic rings. The minimum Gasteiger partial charge on any atom is -0.466 e. The zero-order valence-electron chi connectivity index (χ0n) is 14.7. The average molecular weight is 338 g/mol. The molecule has 2 heterocycles. The van der Waals surface area contributed by atoms with E-state index in [9.17, 15) is 4.79 Å². The number of aryl methyl sites for hydroxylation is 1. The Morgan fingerprint density at radius 2 is 2.20 bits per heavy atom. The van der Waals surface area contributed by atoms with Gasteiger partial charge >= 0.3 is 0 Å². The standard InChI is InChI=1S/C19H22N4O2/c1-12-8-13-15(9-19(2,3)10-17(13)25-12)20-18(24)11-23-16-7-5-4-6-14(16)21-22-23/h4-8,15H,9-11H2,1-3H3,(H,20,24)/t15-/m1/s1. The molecule has 0 radical (unpaired) electrons. The smallest absolute Gasteiger partial charge is 0.242 e. The van der Waals surface area contributed by atoms with Crippen LogP contribution in [-0.2, 0) is 17.8 Å². The normalized spacial score (nSPS) is 18.9. The van der Waals surface area contributed by atoms with Crippen LogP contribution in [0, 0.1) is 12.3 Å². The molecule has 4 rings (SSSR count). The number of carbonyl (C=O) groups is 1. The molecule has 1 N–H and O–H groups in total. The van der Waals surface area contributed by atoms with Gasteiger partial charge in [-0.3, -0.25) is 4.79 Å². The van der Waals surface area contributed by atoms with Crippen LogP contribution in [0.3, 0.4) is 0 Å². The Hall–Kier alpha value is -2.63. The summed E-state index contributed by atoms with van der Waals surface area (Å²) in [6.45, 7) is 6.52. The van der Waals surface area contributed by atoms with E-state index in [2.05, 4.69) is 29.5 Å². The molecule has 6 nitrogen and oxygen atoms in total. The van der Waals surface area contributed by atoms with Gasteiger partial charge in [0.15, 0.2) is 0 Å². The molecule has 0 bridgehead atoms. The molecule has 25 heavy (non-hydrogen) atoms. The van der Waals surface area contributed by atoms with E-state index in [1.165, 1.54) is 0 Å². The maximum absolute atomic E-state index is 12.6. The number of para-hydroxylation sites is 1. The summed E-state index contributed by atoms with van der Waals surface area (Å²) >= 11 is 0. The summed E-state index contributed by atoms with van der Waals surface area (Å²) in [5.74, 6) is 1.82. The lowest BCUT2D eigenvalue weighted by Gasteiger charge is -2.34. The number of aromatic nitrogens is 3. The van der Waals surface area contributed by atoms with Crippen LogP contribution in [-0.4, -0.2) is 20.9 Å². The van der Waals surface area contributed by atoms with E-state index in [1.807, 2.05) is 37.3 Å². The molecular formula is C19H22N4O2. The fraction of sp³-hybridized carbons (Fsp3) is 0.421. The molecule has 0 unspecified atom stereocenters. The Balaban J connectivity index is 1.54. The second-order valence-electron chi connectivity index (χ2n) is 7.64. The molecule has 1 aliphatic carbocycles. The number of fused-ring (bicyclic) bond motifs is 2. The largest absolute Gasteiger partial charge is 0.466 e. The molecule has 6 heteroatoms. The van der Waals surface area contributed by atoms with E-state index in [-0.39, 0.29) is 23.9 Å². The highest BCUT2D eigenvalue weighted by Gasteiger charge is 2.35. The minimum atomic E-state index is -0.0665. The summed E-state index contributed by atoms with van der Waals surface area (Å²) in [5, 5.41) is 11.4. The number of nitrogens with one attached hydrogen (secondary N) is 1. The molecule has 2 aromatic heterocycles. The molecule has 0 saturated carbocycles. The summed E-state index contributed by atoms with van der Waals surface area (Å²) in [7, 11) is 0. The summed E-state index contributed by atoms with van der Waals surface area (Å²) in [5.41, 5.74) is 2.85. The summed E-state index contributed by atoms with van der Waals surface area (Å²) < 4.78 is 7.48. The van der Waals surface area contributed by atoms with Crippen LogP contribution >= 0.6 is 0 Å². The van der Waals surface area contributed by atoms with Gasteiger partial charge in [0.1, 0.15) is 23.6 Å². The zero-order valence-corrected chi connectivity index (χ0v) is 14.7. The highest BCUT2D eigenvalue weighted by molar-refractivity contribution is 5.80. The van der Waals surface area contributed by atoms with Crippen molar-refractivity contribution < 1.29 is 9.21 Å². The minimum absolute atomic E-state index is 0.0292. The molecule has 0 fully saturated rings. The van der Waals surface area contributed by atoms with Crippen molar-refractivity contribution in [1.82, 2.24) is 20.3 Å². The molecule has 1 aliphatic rings. The zero-order chi connectivity index (χ0) is 17.6. The quantitative estimate of drug-likeness (QED) is 0.796. The van der Waals surface area contributed by atoms with E-state index < -0.39 is 0 Å². The van der Waals surface area contributed by atoms with Gasteiger partial charge in [-0.25, -0.2) is 4.68 Å². The molecule has 1 amide bonds. The summed E-state index contributed by atoms with van der Waals surface area (Å²) in [6, 6.07) is 9.66. The fourth-order valence-electron chi connectivity index (χ4n) is 3.72. The number of carbonyl (C=O) groups excluding carboxylic acids is 1. The number of nitrogens with zero attached hydrogens (tertiary/aromatic N) is 3. The van der Waals surface area contributed by atoms with E-state index >= 15 is 0 Å². The maximum Gasteiger partial charge on any atom is 0.242 e. The van der Waals surface area contributed by atoms with Crippen LogP contribution in [0.2, 0.25) is 0 Å². The van der Waals surface area contributed by atoms with Crippen LogP contribution in [0.15, 0.2) is 34.7 Å². The number of hydrogen-bond donors (Lipinski definition) is 1. The van der Waals surface area contributed by atoms with E-state index in [4.69, 9.17) is 4.42 Å². The summed E-state index contributed by atoms with van der Waals surface area (Å²) in [4.78, 5) is 12.6. The maximum atomic E-state index is 12.6. The lowest BCUT2D eigenvalue weighted by molar-refractivity contribution is -0.122. The average Bonchev–Trinajstić information content (AvgIpc) is 3.10. The van der Waals surface area contributed by atoms with E-state index in [0.29, 0.717) is 0 Å². The summed E-state index contributed by atoms with van der Waals surface area (Å²) in [6.07, 6.45) is 1.79. The SMILES string of the molecule is Cc1cc2c(o1)CC(C)(C)C[C@H]2NC(=O)Cn1nnc2ccccc21. The first-order chi connectivity index (χ1) is 11.9. The Kier molecular flexibility index (Phi) is 3.63. The van der Waals surface area contributed by atoms with Gasteiger partial charge in [-0.2, -0.15) is 0 Å². The second-order valence-corrected chi connectivity index (χ2v) is 7.64. The highest BCUT2D eigenvalue weighted by Crippen LogP contribution is 2.41. The van der Waals surface area contributed by atoms with Gasteiger partial charge < -0.3 is 9.73 Å². The molecule has 0 saturated heterocycles. The van der Waals surface area contributed by atoms with Crippen LogP contribution in [0.1, 0.15) is 43.4 Å². The van der Waals surface area contributed by atoms with Gasteiger partial charge in [-0.05, 0) is 37.0 Å². The Labute approximate surface area is 146 Å². The molecule has 130 valence electrons. The van der Waals surface area contributed by atoms with Gasteiger partial charge in [0.05, 0.1) is 11.6 Å². The van der Waals surface area contributed by atoms with Crippen molar-refractivity contribution in [3.8, 4) is 0 Å². The van der Waals surface area contributed by atoms with Crippen LogP contribution in [0.5, 0.6) is 0 Å². The number of hydrogen-bond acceptors (Lipinski definition) is 4. The number of furan rings is 1. The van der Waals surface area contributed by atoms with Crippen LogP contribution < -0.4 is 5.32 Å². The molecule has 0 spiro atoms. The lowest BCUT2D eigenvalue weighted by Crippen LogP contribution is -2.37. The first-order valence-corrected chi connectivity index (χ1v) is 8.58. The number of benzene rings is 1. The van der Waals surface area contributed by atoms with Crippen LogP contribution in [0.25, 0.3) is 11.0 Å². The Morgan fingerprint density at radius 1 is 1.40 bits per heavy atom. The predicted molar refractivity (Wildman–Crippen MR) is 94.0 cm³/mol. The van der Waals surface area contributed by atoms with Crippen molar-refractivity contribution in [2.45, 2.75) is 46.2 Å². The van der Waals surface area contributed by atoms with Crippen molar-refractivity contribution >= 4 is 16.9 Å². The monoisotopic (exact) mass is 338 g/mol. The van der Waals surface area contributed by atoms with E-state index in [0.717, 1.165) is 41.0 Å². The molecule has 0 aliphatic heterocycles. The molecule has 1 aromatic carbocycles. The van der Waals surface area contributed by atoms with Crippen molar-refractivity contribution in [3.05, 3.63) is 47.4 Å². The first-order valence-electron chi connectivity index (χ1n) is 8.58. The Bertz CT molecular complexity index is 938. The van der Waals surface area contributed by atoms with Gasteiger partial charge in [0, 0.05) is 12.0 Å². The van der Waals surface area contributed by atoms with Crippen molar-refractivity contribution in [2.75, 3.05) is 0 Å². The van der Waals surface area contributed by atoms with Gasteiger partial charge in [0.2, 0.25) is 5.91 Å². The lowest BCUT2D eigenvalue weighted by atomic mass is 9.74. The van der Waals surface area contributed by atoms with Crippen molar-refractivity contribution in [2.24, 2.45) is 5.41 Å². The first kappa shape index (κ1) is 15.9.